The van der Waals surface area contributed by atoms with Gasteiger partial charge in [0.25, 0.3) is 0 Å². The maximum Gasteiger partial charge on any atom is 0.250 e. The lowest BCUT2D eigenvalue weighted by atomic mass is 10.2. The van der Waals surface area contributed by atoms with Crippen LogP contribution in [-0.2, 0) is 4.79 Å². The standard InChI is InChI=1S/C18H20N2O4S/c1-11(2)24-15-7-5-13(9-16(15)23-4)6-8-17(22)20-18-19-14(10-25-18)12(3)21/h5-11H,1-4H3,(H,19,20,22)/b8-6+. The van der Waals surface area contributed by atoms with Crippen molar-refractivity contribution in [3.05, 3.63) is 40.9 Å². The van der Waals surface area contributed by atoms with Crippen molar-refractivity contribution in [2.45, 2.75) is 26.9 Å². The number of hydrogen-bond donors (Lipinski definition) is 1. The van der Waals surface area contributed by atoms with Crippen LogP contribution in [0.1, 0.15) is 36.8 Å². The number of hydrogen-bond acceptors (Lipinski definition) is 6. The van der Waals surface area contributed by atoms with Crippen LogP contribution in [0.5, 0.6) is 11.5 Å². The van der Waals surface area contributed by atoms with Crippen LogP contribution in [0.4, 0.5) is 5.13 Å². The third-order valence-corrected chi connectivity index (χ3v) is 3.83. The maximum absolute atomic E-state index is 12.0. The van der Waals surface area contributed by atoms with E-state index in [1.165, 1.54) is 24.3 Å². The number of aromatic nitrogens is 1. The van der Waals surface area contributed by atoms with Crippen LogP contribution in [0.15, 0.2) is 29.7 Å². The van der Waals surface area contributed by atoms with E-state index in [0.717, 1.165) is 5.56 Å². The fourth-order valence-corrected chi connectivity index (χ4v) is 2.70. The number of thiazole rings is 1. The lowest BCUT2D eigenvalue weighted by Gasteiger charge is -2.13. The summed E-state index contributed by atoms with van der Waals surface area (Å²) in [5.74, 6) is 0.787. The molecule has 2 aromatic rings. The highest BCUT2D eigenvalue weighted by atomic mass is 32.1. The van der Waals surface area contributed by atoms with Gasteiger partial charge in [0.2, 0.25) is 5.91 Å². The smallest absolute Gasteiger partial charge is 0.250 e. The molecule has 132 valence electrons. The molecule has 0 saturated heterocycles. The van der Waals surface area contributed by atoms with E-state index in [2.05, 4.69) is 10.3 Å². The molecule has 1 aromatic carbocycles. The van der Waals surface area contributed by atoms with Crippen LogP contribution >= 0.6 is 11.3 Å². The summed E-state index contributed by atoms with van der Waals surface area (Å²) in [6, 6.07) is 5.43. The van der Waals surface area contributed by atoms with Gasteiger partial charge in [-0.3, -0.25) is 14.9 Å². The zero-order valence-corrected chi connectivity index (χ0v) is 15.3. The number of methoxy groups -OCH3 is 1. The van der Waals surface area contributed by atoms with Gasteiger partial charge in [-0.15, -0.1) is 11.3 Å². The number of benzene rings is 1. The predicted molar refractivity (Wildman–Crippen MR) is 98.5 cm³/mol. The Morgan fingerprint density at radius 1 is 1.28 bits per heavy atom. The highest BCUT2D eigenvalue weighted by Crippen LogP contribution is 2.29. The first-order chi connectivity index (χ1) is 11.9. The van der Waals surface area contributed by atoms with Gasteiger partial charge in [0.05, 0.1) is 13.2 Å². The minimum Gasteiger partial charge on any atom is -0.493 e. The van der Waals surface area contributed by atoms with Gasteiger partial charge in [0.1, 0.15) is 5.69 Å². The van der Waals surface area contributed by atoms with Crippen molar-refractivity contribution in [1.29, 1.82) is 0 Å². The van der Waals surface area contributed by atoms with Gasteiger partial charge in [-0.1, -0.05) is 6.07 Å². The van der Waals surface area contributed by atoms with Crippen molar-refractivity contribution in [1.82, 2.24) is 4.98 Å². The van der Waals surface area contributed by atoms with E-state index in [4.69, 9.17) is 9.47 Å². The molecule has 25 heavy (non-hydrogen) atoms. The number of carbonyl (C=O) groups excluding carboxylic acids is 2. The molecule has 2 rings (SSSR count). The van der Waals surface area contributed by atoms with Gasteiger partial charge in [0.15, 0.2) is 22.4 Å². The number of carbonyl (C=O) groups is 2. The van der Waals surface area contributed by atoms with Crippen LogP contribution in [-0.4, -0.2) is 29.9 Å². The molecule has 0 unspecified atom stereocenters. The Morgan fingerprint density at radius 3 is 2.64 bits per heavy atom. The maximum atomic E-state index is 12.0. The number of nitrogens with one attached hydrogen (secondary N) is 1. The second-order valence-electron chi connectivity index (χ2n) is 5.49. The largest absolute Gasteiger partial charge is 0.493 e. The number of nitrogens with zero attached hydrogens (tertiary/aromatic N) is 1. The molecule has 0 fully saturated rings. The second kappa shape index (κ2) is 8.43. The molecule has 0 aliphatic carbocycles. The van der Waals surface area contributed by atoms with Crippen LogP contribution < -0.4 is 14.8 Å². The van der Waals surface area contributed by atoms with Crippen LogP contribution in [0.3, 0.4) is 0 Å². The summed E-state index contributed by atoms with van der Waals surface area (Å²) in [6.45, 7) is 5.31. The lowest BCUT2D eigenvalue weighted by molar-refractivity contribution is -0.111. The SMILES string of the molecule is COc1cc(/C=C/C(=O)Nc2nc(C(C)=O)cs2)ccc1OC(C)C. The van der Waals surface area contributed by atoms with Crippen molar-refractivity contribution in [3.8, 4) is 11.5 Å². The first-order valence-corrected chi connectivity index (χ1v) is 8.57. The predicted octanol–water partition coefficient (Wildman–Crippen LogP) is 3.79. The fraction of sp³-hybridized carbons (Fsp3) is 0.278. The Morgan fingerprint density at radius 2 is 2.04 bits per heavy atom. The third kappa shape index (κ3) is 5.42. The summed E-state index contributed by atoms with van der Waals surface area (Å²) < 4.78 is 11.0. The number of rotatable bonds is 7. The number of ketones is 1. The summed E-state index contributed by atoms with van der Waals surface area (Å²) in [7, 11) is 1.57. The lowest BCUT2D eigenvalue weighted by Crippen LogP contribution is -2.08. The number of ether oxygens (including phenoxy) is 2. The first kappa shape index (κ1) is 18.7. The molecule has 1 aromatic heterocycles. The van der Waals surface area contributed by atoms with Gasteiger partial charge < -0.3 is 9.47 Å². The van der Waals surface area contributed by atoms with Gasteiger partial charge in [-0.2, -0.15) is 0 Å². The molecule has 0 aliphatic rings. The van der Waals surface area contributed by atoms with Crippen LogP contribution in [0, 0.1) is 0 Å². The minimum absolute atomic E-state index is 0.0410. The number of Topliss-reactive ketones (excluding diaryl/α,β-unsaturated/α-hetero) is 1. The molecule has 0 spiro atoms. The molecule has 1 amide bonds. The Kier molecular flexibility index (Phi) is 6.30. The molecule has 0 aliphatic heterocycles. The molecular weight excluding hydrogens is 340 g/mol. The van der Waals surface area contributed by atoms with E-state index in [1.807, 2.05) is 19.9 Å². The minimum atomic E-state index is -0.328. The Hall–Kier alpha value is -2.67. The Labute approximate surface area is 150 Å². The monoisotopic (exact) mass is 360 g/mol. The summed E-state index contributed by atoms with van der Waals surface area (Å²) in [5.41, 5.74) is 1.14. The summed E-state index contributed by atoms with van der Waals surface area (Å²) >= 11 is 1.21. The number of anilines is 1. The summed E-state index contributed by atoms with van der Waals surface area (Å²) in [5, 5.41) is 4.63. The zero-order valence-electron chi connectivity index (χ0n) is 14.5. The molecule has 7 heteroatoms. The molecule has 1 N–H and O–H groups in total. The second-order valence-corrected chi connectivity index (χ2v) is 6.35. The van der Waals surface area contributed by atoms with Gasteiger partial charge in [-0.25, -0.2) is 4.98 Å². The van der Waals surface area contributed by atoms with Crippen molar-refractivity contribution in [2.75, 3.05) is 12.4 Å². The molecule has 6 nitrogen and oxygen atoms in total. The molecule has 0 bridgehead atoms. The van der Waals surface area contributed by atoms with E-state index in [-0.39, 0.29) is 17.8 Å². The topological polar surface area (TPSA) is 77.5 Å². The average molecular weight is 360 g/mol. The first-order valence-electron chi connectivity index (χ1n) is 7.69. The van der Waals surface area contributed by atoms with Crippen molar-refractivity contribution in [2.24, 2.45) is 0 Å². The summed E-state index contributed by atoms with van der Waals surface area (Å²) in [6.07, 6.45) is 3.10. The molecular formula is C18H20N2O4S. The number of amides is 1. The van der Waals surface area contributed by atoms with E-state index in [1.54, 1.807) is 30.7 Å². The fourth-order valence-electron chi connectivity index (χ4n) is 1.95. The van der Waals surface area contributed by atoms with Gasteiger partial charge >= 0.3 is 0 Å². The molecule has 0 radical (unpaired) electrons. The Bertz CT molecular complexity index is 796. The quantitative estimate of drug-likeness (QED) is 0.600. The Balaban J connectivity index is 2.04. The van der Waals surface area contributed by atoms with Crippen molar-refractivity contribution >= 4 is 34.2 Å². The van der Waals surface area contributed by atoms with Crippen molar-refractivity contribution in [3.63, 3.8) is 0 Å². The molecule has 1 heterocycles. The van der Waals surface area contributed by atoms with Gasteiger partial charge in [0, 0.05) is 18.4 Å². The van der Waals surface area contributed by atoms with E-state index < -0.39 is 0 Å². The van der Waals surface area contributed by atoms with E-state index in [9.17, 15) is 9.59 Å². The normalized spacial score (nSPS) is 10.9. The molecule has 0 atom stereocenters. The highest BCUT2D eigenvalue weighted by Gasteiger charge is 2.08. The van der Waals surface area contributed by atoms with E-state index in [0.29, 0.717) is 22.3 Å². The molecule has 0 saturated carbocycles. The van der Waals surface area contributed by atoms with Crippen LogP contribution in [0.2, 0.25) is 0 Å². The average Bonchev–Trinajstić information content (AvgIpc) is 3.02. The van der Waals surface area contributed by atoms with Crippen molar-refractivity contribution < 1.29 is 19.1 Å². The highest BCUT2D eigenvalue weighted by molar-refractivity contribution is 7.14. The van der Waals surface area contributed by atoms with Crippen LogP contribution in [0.25, 0.3) is 6.08 Å². The summed E-state index contributed by atoms with van der Waals surface area (Å²) in [4.78, 5) is 27.2. The zero-order chi connectivity index (χ0) is 18.4. The van der Waals surface area contributed by atoms with Gasteiger partial charge in [-0.05, 0) is 37.6 Å². The van der Waals surface area contributed by atoms with E-state index >= 15 is 0 Å². The third-order valence-electron chi connectivity index (χ3n) is 3.07.